The Bertz CT molecular complexity index is 1050. The van der Waals surface area contributed by atoms with Gasteiger partial charge in [0, 0.05) is 16.0 Å². The predicted octanol–water partition coefficient (Wildman–Crippen LogP) is 4.29. The van der Waals surface area contributed by atoms with Gasteiger partial charge >= 0.3 is 5.97 Å². The van der Waals surface area contributed by atoms with Crippen molar-refractivity contribution in [3.8, 4) is 0 Å². The van der Waals surface area contributed by atoms with E-state index in [1.165, 1.54) is 0 Å². The molecule has 2 aliphatic carbocycles. The fourth-order valence-corrected chi connectivity index (χ4v) is 6.08. The maximum absolute atomic E-state index is 12.1. The number of aliphatic hydroxyl groups is 2. The number of aliphatic carboxylic acids is 1. The van der Waals surface area contributed by atoms with E-state index in [0.29, 0.717) is 12.8 Å². The van der Waals surface area contributed by atoms with Crippen molar-refractivity contribution in [3.63, 3.8) is 0 Å². The zero-order chi connectivity index (χ0) is 24.7. The summed E-state index contributed by atoms with van der Waals surface area (Å²) < 4.78 is 1.81. The lowest BCUT2D eigenvalue weighted by molar-refractivity contribution is -0.162. The highest BCUT2D eigenvalue weighted by molar-refractivity contribution is 9.10. The van der Waals surface area contributed by atoms with Crippen LogP contribution in [0.15, 0.2) is 57.5 Å². The number of halogens is 2. The van der Waals surface area contributed by atoms with Crippen LogP contribution in [0.2, 0.25) is 0 Å². The van der Waals surface area contributed by atoms with Gasteiger partial charge in [-0.3, -0.25) is 9.59 Å². The Balaban J connectivity index is 0.000000186. The zero-order valence-corrected chi connectivity index (χ0v) is 22.0. The molecule has 2 saturated carbocycles. The number of carboxylic acids is 1. The first-order chi connectivity index (χ1) is 15.3. The van der Waals surface area contributed by atoms with E-state index in [1.54, 1.807) is 27.0 Å². The van der Waals surface area contributed by atoms with Crippen LogP contribution >= 0.6 is 31.9 Å². The van der Waals surface area contributed by atoms with E-state index in [1.807, 2.05) is 42.5 Å². The highest BCUT2D eigenvalue weighted by atomic mass is 79.9. The Hall–Kier alpha value is -1.74. The maximum atomic E-state index is 12.1. The molecule has 4 N–H and O–H groups in total. The molecule has 0 spiro atoms. The van der Waals surface area contributed by atoms with Crippen molar-refractivity contribution >= 4 is 43.7 Å². The van der Waals surface area contributed by atoms with E-state index >= 15 is 0 Å². The predicted molar refractivity (Wildman–Crippen MR) is 133 cm³/mol. The number of benzene rings is 2. The molecular weight excluding hydrogens is 554 g/mol. The minimum Gasteiger partial charge on any atom is -0.481 e. The van der Waals surface area contributed by atoms with E-state index in [4.69, 9.17) is 0 Å². The van der Waals surface area contributed by atoms with E-state index in [9.17, 15) is 24.9 Å². The molecular formula is C25H29Br2NO5. The highest BCUT2D eigenvalue weighted by Gasteiger charge is 2.58. The molecule has 0 saturated heterocycles. The van der Waals surface area contributed by atoms with Gasteiger partial charge in [0.1, 0.15) is 0 Å². The van der Waals surface area contributed by atoms with Crippen LogP contribution in [-0.2, 0) is 20.4 Å². The first kappa shape index (κ1) is 25.9. The van der Waals surface area contributed by atoms with Crippen molar-refractivity contribution in [1.82, 2.24) is 5.32 Å². The molecule has 0 atom stereocenters. The van der Waals surface area contributed by atoms with Gasteiger partial charge in [-0.25, -0.2) is 0 Å². The normalized spacial score (nSPS) is 32.5. The second kappa shape index (κ2) is 9.13. The number of likely N-dealkylation sites (N-methyl/N-ethyl adjacent to an activating group) is 1. The summed E-state index contributed by atoms with van der Waals surface area (Å²) in [6.07, 6.45) is 1.48. The van der Waals surface area contributed by atoms with Gasteiger partial charge in [-0.15, -0.1) is 0 Å². The first-order valence-corrected chi connectivity index (χ1v) is 12.3. The number of carbonyl (C=O) groups excluding carboxylic acids is 1. The standard InChI is InChI=1S/C13H16BrNO2.C12H13BrO3/c1-12(17)7-13(8-12,11(16)15-2)9-4-3-5-10(14)6-9;1-11(16)6-12(7-11,10(14)15)8-3-2-4-9(13)5-8/h3-6,17H,7-8H2,1-2H3,(H,15,16);2-5,16H,6-7H2,1H3,(H,14,15). The smallest absolute Gasteiger partial charge is 0.314 e. The highest BCUT2D eigenvalue weighted by Crippen LogP contribution is 2.51. The molecule has 1 amide bonds. The van der Waals surface area contributed by atoms with Gasteiger partial charge < -0.3 is 20.6 Å². The fourth-order valence-electron chi connectivity index (χ4n) is 5.28. The van der Waals surface area contributed by atoms with Gasteiger partial charge in [0.25, 0.3) is 0 Å². The number of carboxylic acid groups (broad SMARTS) is 1. The van der Waals surface area contributed by atoms with E-state index in [0.717, 1.165) is 20.1 Å². The summed E-state index contributed by atoms with van der Waals surface area (Å²) in [4.78, 5) is 23.5. The van der Waals surface area contributed by atoms with Crippen molar-refractivity contribution in [1.29, 1.82) is 0 Å². The Morgan fingerprint density at radius 1 is 0.818 bits per heavy atom. The third kappa shape index (κ3) is 5.19. The molecule has 0 bridgehead atoms. The van der Waals surface area contributed by atoms with Crippen LogP contribution in [0, 0.1) is 0 Å². The Labute approximate surface area is 210 Å². The lowest BCUT2D eigenvalue weighted by Gasteiger charge is -2.50. The Kier molecular flexibility index (Phi) is 7.16. The van der Waals surface area contributed by atoms with Crippen molar-refractivity contribution in [2.45, 2.75) is 61.6 Å². The average Bonchev–Trinajstić information content (AvgIpc) is 2.69. The maximum Gasteiger partial charge on any atom is 0.314 e. The molecule has 0 unspecified atom stereocenters. The third-order valence-electron chi connectivity index (χ3n) is 6.56. The SMILES string of the molecule is CC1(O)CC(C(=O)O)(c2cccc(Br)c2)C1.CNC(=O)C1(c2cccc(Br)c2)CC(C)(O)C1. The summed E-state index contributed by atoms with van der Waals surface area (Å²) >= 11 is 6.74. The minimum atomic E-state index is -0.923. The van der Waals surface area contributed by atoms with Crippen molar-refractivity contribution in [2.24, 2.45) is 0 Å². The van der Waals surface area contributed by atoms with Gasteiger partial charge in [-0.1, -0.05) is 56.1 Å². The number of amides is 1. The lowest BCUT2D eigenvalue weighted by atomic mass is 9.56. The summed E-state index contributed by atoms with van der Waals surface area (Å²) in [5, 5.41) is 31.7. The van der Waals surface area contributed by atoms with Crippen LogP contribution in [0.4, 0.5) is 0 Å². The lowest BCUT2D eigenvalue weighted by Crippen LogP contribution is -2.60. The van der Waals surface area contributed by atoms with Crippen LogP contribution in [0.5, 0.6) is 0 Å². The van der Waals surface area contributed by atoms with Crippen molar-refractivity contribution in [3.05, 3.63) is 68.6 Å². The second-order valence-electron chi connectivity index (χ2n) is 9.77. The number of hydrogen-bond acceptors (Lipinski definition) is 4. The monoisotopic (exact) mass is 581 g/mol. The molecule has 0 aromatic heterocycles. The first-order valence-electron chi connectivity index (χ1n) is 10.7. The summed E-state index contributed by atoms with van der Waals surface area (Å²) in [5.41, 5.74) is -1.40. The second-order valence-corrected chi connectivity index (χ2v) is 11.6. The third-order valence-corrected chi connectivity index (χ3v) is 7.54. The molecule has 0 aliphatic heterocycles. The van der Waals surface area contributed by atoms with Gasteiger partial charge in [0.2, 0.25) is 5.91 Å². The molecule has 2 fully saturated rings. The molecule has 2 aliphatic rings. The van der Waals surface area contributed by atoms with Crippen LogP contribution < -0.4 is 5.32 Å². The fraction of sp³-hybridized carbons (Fsp3) is 0.440. The molecule has 0 radical (unpaired) electrons. The minimum absolute atomic E-state index is 0.0258. The molecule has 0 heterocycles. The molecule has 6 nitrogen and oxygen atoms in total. The van der Waals surface area contributed by atoms with Crippen LogP contribution in [0.1, 0.15) is 50.7 Å². The topological polar surface area (TPSA) is 107 Å². The molecule has 2 aromatic rings. The number of nitrogens with one attached hydrogen (secondary N) is 1. The quantitative estimate of drug-likeness (QED) is 0.430. The molecule has 4 rings (SSSR count). The van der Waals surface area contributed by atoms with Crippen molar-refractivity contribution < 1.29 is 24.9 Å². The van der Waals surface area contributed by atoms with E-state index in [2.05, 4.69) is 37.2 Å². The van der Waals surface area contributed by atoms with Crippen LogP contribution in [0.25, 0.3) is 0 Å². The molecule has 2 aromatic carbocycles. The van der Waals surface area contributed by atoms with Gasteiger partial charge in [0.15, 0.2) is 0 Å². The average molecular weight is 583 g/mol. The van der Waals surface area contributed by atoms with Crippen molar-refractivity contribution in [2.75, 3.05) is 7.05 Å². The number of rotatable bonds is 4. The largest absolute Gasteiger partial charge is 0.481 e. The van der Waals surface area contributed by atoms with Gasteiger partial charge in [-0.2, -0.15) is 0 Å². The number of carbonyl (C=O) groups is 2. The molecule has 8 heteroatoms. The Morgan fingerprint density at radius 3 is 1.55 bits per heavy atom. The molecule has 178 valence electrons. The summed E-state index contributed by atoms with van der Waals surface area (Å²) in [7, 11) is 1.63. The Morgan fingerprint density at radius 2 is 1.21 bits per heavy atom. The van der Waals surface area contributed by atoms with Gasteiger partial charge in [-0.05, 0) is 74.9 Å². The summed E-state index contributed by atoms with van der Waals surface area (Å²) in [5.74, 6) is -0.890. The summed E-state index contributed by atoms with van der Waals surface area (Å²) in [6.45, 7) is 3.44. The number of hydrogen-bond donors (Lipinski definition) is 4. The van der Waals surface area contributed by atoms with E-state index in [-0.39, 0.29) is 18.7 Å². The van der Waals surface area contributed by atoms with E-state index < -0.39 is 28.0 Å². The van der Waals surface area contributed by atoms with Gasteiger partial charge in [0.05, 0.1) is 22.0 Å². The summed E-state index contributed by atoms with van der Waals surface area (Å²) in [6, 6.07) is 15.0. The molecule has 33 heavy (non-hydrogen) atoms. The van der Waals surface area contributed by atoms with Crippen LogP contribution in [-0.4, -0.2) is 45.4 Å². The van der Waals surface area contributed by atoms with Crippen LogP contribution in [0.3, 0.4) is 0 Å². The zero-order valence-electron chi connectivity index (χ0n) is 18.9.